The van der Waals surface area contributed by atoms with Gasteiger partial charge in [-0.25, -0.2) is 4.79 Å². The Morgan fingerprint density at radius 3 is 2.52 bits per heavy atom. The van der Waals surface area contributed by atoms with Gasteiger partial charge in [-0.15, -0.1) is 0 Å². The van der Waals surface area contributed by atoms with E-state index >= 15 is 0 Å². The van der Waals surface area contributed by atoms with Crippen LogP contribution >= 0.6 is 0 Å². The molecule has 1 amide bonds. The van der Waals surface area contributed by atoms with Gasteiger partial charge in [-0.05, 0) is 44.7 Å². The van der Waals surface area contributed by atoms with Crippen LogP contribution in [0.3, 0.4) is 0 Å². The maximum Gasteiger partial charge on any atom is 0.331 e. The lowest BCUT2D eigenvalue weighted by molar-refractivity contribution is -0.143. The SMILES string of the molecule is Cc1ccc(Cn2nc(C)c(/C=C/C(=O)OCC(=O)NCCC(C)C)c2C)cc1. The van der Waals surface area contributed by atoms with Crippen molar-refractivity contribution in [2.45, 2.75) is 47.6 Å². The molecule has 0 saturated heterocycles. The summed E-state index contributed by atoms with van der Waals surface area (Å²) >= 11 is 0. The number of nitrogens with one attached hydrogen (secondary N) is 1. The molecule has 0 bridgehead atoms. The van der Waals surface area contributed by atoms with E-state index in [4.69, 9.17) is 4.74 Å². The molecule has 156 valence electrons. The van der Waals surface area contributed by atoms with Gasteiger partial charge in [-0.3, -0.25) is 9.48 Å². The van der Waals surface area contributed by atoms with Gasteiger partial charge in [0.15, 0.2) is 6.61 Å². The summed E-state index contributed by atoms with van der Waals surface area (Å²) < 4.78 is 6.94. The minimum atomic E-state index is -0.547. The fourth-order valence-corrected chi connectivity index (χ4v) is 2.86. The van der Waals surface area contributed by atoms with Crippen molar-refractivity contribution in [3.05, 3.63) is 58.4 Å². The Bertz CT molecular complexity index is 864. The second-order valence-corrected chi connectivity index (χ2v) is 7.70. The van der Waals surface area contributed by atoms with Crippen LogP contribution in [0.1, 0.15) is 48.3 Å². The van der Waals surface area contributed by atoms with Gasteiger partial charge in [-0.2, -0.15) is 5.10 Å². The summed E-state index contributed by atoms with van der Waals surface area (Å²) in [6.45, 7) is 11.1. The predicted octanol–water partition coefficient (Wildman–Crippen LogP) is 3.58. The normalized spacial score (nSPS) is 11.2. The van der Waals surface area contributed by atoms with Crippen molar-refractivity contribution in [2.75, 3.05) is 13.2 Å². The maximum atomic E-state index is 11.9. The van der Waals surface area contributed by atoms with Crippen molar-refractivity contribution < 1.29 is 14.3 Å². The number of hydrogen-bond acceptors (Lipinski definition) is 4. The molecule has 0 saturated carbocycles. The molecule has 1 N–H and O–H groups in total. The Balaban J connectivity index is 1.91. The first-order chi connectivity index (χ1) is 13.8. The fraction of sp³-hybridized carbons (Fsp3) is 0.435. The van der Waals surface area contributed by atoms with Crippen LogP contribution < -0.4 is 5.32 Å². The van der Waals surface area contributed by atoms with Crippen LogP contribution in [0, 0.1) is 26.7 Å². The van der Waals surface area contributed by atoms with Crippen LogP contribution in [-0.2, 0) is 20.9 Å². The molecule has 0 aliphatic rings. The van der Waals surface area contributed by atoms with E-state index in [2.05, 4.69) is 55.5 Å². The van der Waals surface area contributed by atoms with E-state index in [0.717, 1.165) is 23.4 Å². The highest BCUT2D eigenvalue weighted by Gasteiger charge is 2.11. The third-order valence-electron chi connectivity index (χ3n) is 4.67. The summed E-state index contributed by atoms with van der Waals surface area (Å²) in [6.07, 6.45) is 3.93. The molecule has 0 radical (unpaired) electrons. The van der Waals surface area contributed by atoms with Gasteiger partial charge in [0.05, 0.1) is 12.2 Å². The first-order valence-electron chi connectivity index (χ1n) is 9.97. The molecule has 2 aromatic rings. The molecule has 6 nitrogen and oxygen atoms in total. The molecule has 2 rings (SSSR count). The number of carbonyl (C=O) groups excluding carboxylic acids is 2. The fourth-order valence-electron chi connectivity index (χ4n) is 2.86. The molecule has 29 heavy (non-hydrogen) atoms. The Morgan fingerprint density at radius 2 is 1.86 bits per heavy atom. The summed E-state index contributed by atoms with van der Waals surface area (Å²) in [5, 5.41) is 7.31. The number of ether oxygens (including phenoxy) is 1. The Hall–Kier alpha value is -2.89. The highest BCUT2D eigenvalue weighted by molar-refractivity contribution is 5.89. The van der Waals surface area contributed by atoms with Gasteiger partial charge in [-0.1, -0.05) is 43.7 Å². The number of benzene rings is 1. The number of nitrogens with zero attached hydrogens (tertiary/aromatic N) is 2. The lowest BCUT2D eigenvalue weighted by Gasteiger charge is -2.07. The number of aryl methyl sites for hydroxylation is 2. The van der Waals surface area contributed by atoms with Gasteiger partial charge in [0.25, 0.3) is 5.91 Å². The van der Waals surface area contributed by atoms with Gasteiger partial charge < -0.3 is 10.1 Å². The number of rotatable bonds is 9. The zero-order chi connectivity index (χ0) is 21.4. The summed E-state index contributed by atoms with van der Waals surface area (Å²) in [4.78, 5) is 23.6. The van der Waals surface area contributed by atoms with Crippen LogP contribution in [-0.4, -0.2) is 34.8 Å². The van der Waals surface area contributed by atoms with E-state index in [0.29, 0.717) is 19.0 Å². The Morgan fingerprint density at radius 1 is 1.17 bits per heavy atom. The van der Waals surface area contributed by atoms with Crippen LogP contribution in [0.15, 0.2) is 30.3 Å². The molecule has 1 aromatic carbocycles. The van der Waals surface area contributed by atoms with Gasteiger partial charge >= 0.3 is 5.97 Å². The monoisotopic (exact) mass is 397 g/mol. The molecule has 0 fully saturated rings. The van der Waals surface area contributed by atoms with E-state index in [1.807, 2.05) is 18.5 Å². The maximum absolute atomic E-state index is 11.9. The molecule has 1 heterocycles. The van der Waals surface area contributed by atoms with Crippen molar-refractivity contribution in [1.82, 2.24) is 15.1 Å². The predicted molar refractivity (Wildman–Crippen MR) is 114 cm³/mol. The van der Waals surface area contributed by atoms with Crippen molar-refractivity contribution in [3.63, 3.8) is 0 Å². The van der Waals surface area contributed by atoms with Crippen LogP contribution in [0.5, 0.6) is 0 Å². The van der Waals surface area contributed by atoms with E-state index in [1.54, 1.807) is 6.08 Å². The van der Waals surface area contributed by atoms with Gasteiger partial charge in [0.1, 0.15) is 0 Å². The van der Waals surface area contributed by atoms with Gasteiger partial charge in [0.2, 0.25) is 0 Å². The van der Waals surface area contributed by atoms with E-state index in [1.165, 1.54) is 17.2 Å². The zero-order valence-corrected chi connectivity index (χ0v) is 18.0. The van der Waals surface area contributed by atoms with E-state index in [-0.39, 0.29) is 12.5 Å². The zero-order valence-electron chi connectivity index (χ0n) is 18.0. The largest absolute Gasteiger partial charge is 0.452 e. The van der Waals surface area contributed by atoms with Crippen molar-refractivity contribution in [1.29, 1.82) is 0 Å². The minimum absolute atomic E-state index is 0.272. The molecule has 1 aromatic heterocycles. The molecular formula is C23H31N3O3. The number of hydrogen-bond donors (Lipinski definition) is 1. The molecular weight excluding hydrogens is 366 g/mol. The molecule has 0 aliphatic heterocycles. The van der Waals surface area contributed by atoms with Crippen LogP contribution in [0.4, 0.5) is 0 Å². The topological polar surface area (TPSA) is 73.2 Å². The second kappa shape index (κ2) is 10.6. The van der Waals surface area contributed by atoms with Gasteiger partial charge in [0, 0.05) is 23.9 Å². The molecule has 0 spiro atoms. The Labute approximate surface area is 173 Å². The average molecular weight is 398 g/mol. The average Bonchev–Trinajstić information content (AvgIpc) is 2.93. The highest BCUT2D eigenvalue weighted by Crippen LogP contribution is 2.17. The third-order valence-corrected chi connectivity index (χ3v) is 4.67. The lowest BCUT2D eigenvalue weighted by Crippen LogP contribution is -2.29. The van der Waals surface area contributed by atoms with Crippen molar-refractivity contribution in [3.8, 4) is 0 Å². The molecule has 0 atom stereocenters. The van der Waals surface area contributed by atoms with E-state index in [9.17, 15) is 9.59 Å². The highest BCUT2D eigenvalue weighted by atomic mass is 16.5. The molecule has 6 heteroatoms. The van der Waals surface area contributed by atoms with Crippen molar-refractivity contribution >= 4 is 18.0 Å². The summed E-state index contributed by atoms with van der Waals surface area (Å²) in [5.41, 5.74) is 5.08. The first kappa shape index (κ1) is 22.4. The Kier molecular flexibility index (Phi) is 8.19. The first-order valence-corrected chi connectivity index (χ1v) is 9.97. The second-order valence-electron chi connectivity index (χ2n) is 7.70. The number of aromatic nitrogens is 2. The van der Waals surface area contributed by atoms with Crippen LogP contribution in [0.2, 0.25) is 0 Å². The molecule has 0 unspecified atom stereocenters. The summed E-state index contributed by atoms with van der Waals surface area (Å²) in [5.74, 6) is -0.320. The summed E-state index contributed by atoms with van der Waals surface area (Å²) in [6, 6.07) is 8.34. The molecule has 0 aliphatic carbocycles. The standard InChI is InChI=1S/C23H31N3O3/c1-16(2)12-13-24-22(27)15-29-23(28)11-10-21-18(4)25-26(19(21)5)14-20-8-6-17(3)7-9-20/h6-11,16H,12-15H2,1-5H3,(H,24,27)/b11-10+. The number of amides is 1. The lowest BCUT2D eigenvalue weighted by atomic mass is 10.1. The smallest absolute Gasteiger partial charge is 0.331 e. The minimum Gasteiger partial charge on any atom is -0.452 e. The number of esters is 1. The number of carbonyl (C=O) groups is 2. The summed E-state index contributed by atoms with van der Waals surface area (Å²) in [7, 11) is 0. The third kappa shape index (κ3) is 7.22. The van der Waals surface area contributed by atoms with Crippen molar-refractivity contribution in [2.24, 2.45) is 5.92 Å². The quantitative estimate of drug-likeness (QED) is 0.519. The van der Waals surface area contributed by atoms with E-state index < -0.39 is 5.97 Å². The van der Waals surface area contributed by atoms with Crippen LogP contribution in [0.25, 0.3) is 6.08 Å².